The van der Waals surface area contributed by atoms with Crippen molar-refractivity contribution in [1.29, 1.82) is 0 Å². The molecule has 0 amide bonds. The highest BCUT2D eigenvalue weighted by atomic mass is 16.5. The average Bonchev–Trinajstić information content (AvgIpc) is 3.02. The lowest BCUT2D eigenvalue weighted by Gasteiger charge is -2.24. The van der Waals surface area contributed by atoms with Gasteiger partial charge in [-0.25, -0.2) is 4.98 Å². The fourth-order valence-corrected chi connectivity index (χ4v) is 2.76. The van der Waals surface area contributed by atoms with E-state index >= 15 is 0 Å². The molecule has 5 nitrogen and oxygen atoms in total. The van der Waals surface area contributed by atoms with Gasteiger partial charge < -0.3 is 14.4 Å². The Morgan fingerprint density at radius 1 is 1.42 bits per heavy atom. The van der Waals surface area contributed by atoms with Crippen LogP contribution in [0.15, 0.2) is 17.0 Å². The van der Waals surface area contributed by atoms with E-state index in [9.17, 15) is 0 Å². The van der Waals surface area contributed by atoms with E-state index in [1.165, 1.54) is 25.0 Å². The molecule has 0 aromatic carbocycles. The van der Waals surface area contributed by atoms with Gasteiger partial charge in [0, 0.05) is 17.8 Å². The van der Waals surface area contributed by atoms with E-state index in [4.69, 9.17) is 4.52 Å². The summed E-state index contributed by atoms with van der Waals surface area (Å²) in [5.74, 6) is 0.897. The number of nitrogens with one attached hydrogen (secondary N) is 1. The van der Waals surface area contributed by atoms with Crippen LogP contribution in [0.1, 0.15) is 48.0 Å². The predicted molar refractivity (Wildman–Crippen MR) is 71.9 cm³/mol. The van der Waals surface area contributed by atoms with E-state index in [1.54, 1.807) is 0 Å². The molecule has 5 heteroatoms. The van der Waals surface area contributed by atoms with E-state index < -0.39 is 0 Å². The summed E-state index contributed by atoms with van der Waals surface area (Å²) in [7, 11) is 0. The minimum atomic E-state index is 0.428. The Morgan fingerprint density at radius 3 is 3.00 bits per heavy atom. The van der Waals surface area contributed by atoms with Gasteiger partial charge in [-0.05, 0) is 33.2 Å². The van der Waals surface area contributed by atoms with Crippen LogP contribution in [-0.4, -0.2) is 21.3 Å². The van der Waals surface area contributed by atoms with Gasteiger partial charge in [0.15, 0.2) is 0 Å². The number of hydrogen-bond donors (Lipinski definition) is 1. The summed E-state index contributed by atoms with van der Waals surface area (Å²) in [6, 6.07) is 0.428. The Morgan fingerprint density at radius 2 is 2.32 bits per heavy atom. The van der Waals surface area contributed by atoms with Gasteiger partial charge in [0.05, 0.1) is 24.3 Å². The Kier molecular flexibility index (Phi) is 3.38. The molecule has 2 aromatic heterocycles. The van der Waals surface area contributed by atoms with Crippen LogP contribution < -0.4 is 5.32 Å². The first-order chi connectivity index (χ1) is 9.25. The lowest BCUT2D eigenvalue weighted by molar-refractivity contribution is 0.389. The van der Waals surface area contributed by atoms with Gasteiger partial charge in [-0.1, -0.05) is 11.6 Å². The van der Waals surface area contributed by atoms with E-state index in [0.717, 1.165) is 30.1 Å². The van der Waals surface area contributed by atoms with E-state index in [0.29, 0.717) is 6.04 Å². The second kappa shape index (κ2) is 5.17. The van der Waals surface area contributed by atoms with Crippen molar-refractivity contribution < 1.29 is 4.52 Å². The van der Waals surface area contributed by atoms with E-state index in [1.807, 2.05) is 26.4 Å². The minimum absolute atomic E-state index is 0.428. The van der Waals surface area contributed by atoms with Crippen molar-refractivity contribution in [2.24, 2.45) is 0 Å². The van der Waals surface area contributed by atoms with Crippen LogP contribution in [0.25, 0.3) is 0 Å². The number of aryl methyl sites for hydroxylation is 2. The molecule has 2 aromatic rings. The first-order valence-corrected chi connectivity index (χ1v) is 6.91. The lowest BCUT2D eigenvalue weighted by atomic mass is 10.0. The molecule has 0 aliphatic carbocycles. The van der Waals surface area contributed by atoms with Crippen LogP contribution in [-0.2, 0) is 6.54 Å². The number of nitrogens with zero attached hydrogens (tertiary/aromatic N) is 3. The average molecular weight is 260 g/mol. The fraction of sp³-hybridized carbons (Fsp3) is 0.571. The van der Waals surface area contributed by atoms with Gasteiger partial charge in [0.1, 0.15) is 5.76 Å². The zero-order valence-electron chi connectivity index (χ0n) is 11.5. The summed E-state index contributed by atoms with van der Waals surface area (Å²) in [4.78, 5) is 4.31. The maximum Gasteiger partial charge on any atom is 0.138 e. The standard InChI is InChI=1S/C14H20N4O/c1-10-12(11(2)19-17-10)8-18-9-15-7-14(18)13-5-3-4-6-16-13/h7,9,13,16H,3-6,8H2,1-2H3. The molecule has 19 heavy (non-hydrogen) atoms. The third-order valence-electron chi connectivity index (χ3n) is 3.92. The second-order valence-corrected chi connectivity index (χ2v) is 5.25. The van der Waals surface area contributed by atoms with Crippen molar-refractivity contribution in [3.8, 4) is 0 Å². The summed E-state index contributed by atoms with van der Waals surface area (Å²) in [5.41, 5.74) is 3.39. The van der Waals surface area contributed by atoms with E-state index in [2.05, 4.69) is 20.0 Å². The molecule has 1 unspecified atom stereocenters. The first kappa shape index (κ1) is 12.4. The summed E-state index contributed by atoms with van der Waals surface area (Å²) in [6.07, 6.45) is 7.62. The third-order valence-corrected chi connectivity index (χ3v) is 3.92. The molecule has 1 fully saturated rings. The third kappa shape index (κ3) is 2.42. The second-order valence-electron chi connectivity index (χ2n) is 5.25. The van der Waals surface area contributed by atoms with Crippen LogP contribution in [0.4, 0.5) is 0 Å². The molecule has 1 N–H and O–H groups in total. The summed E-state index contributed by atoms with van der Waals surface area (Å²) in [5, 5.41) is 7.59. The number of imidazole rings is 1. The molecule has 0 bridgehead atoms. The van der Waals surface area contributed by atoms with Crippen molar-refractivity contribution in [2.75, 3.05) is 6.54 Å². The highest BCUT2D eigenvalue weighted by molar-refractivity contribution is 5.22. The molecule has 3 rings (SSSR count). The lowest BCUT2D eigenvalue weighted by Crippen LogP contribution is -2.28. The molecule has 1 saturated heterocycles. The number of piperidine rings is 1. The quantitative estimate of drug-likeness (QED) is 0.920. The van der Waals surface area contributed by atoms with E-state index in [-0.39, 0.29) is 0 Å². The zero-order chi connectivity index (χ0) is 13.2. The van der Waals surface area contributed by atoms with Crippen LogP contribution in [0.5, 0.6) is 0 Å². The Bertz CT molecular complexity index is 532. The van der Waals surface area contributed by atoms with Crippen LogP contribution in [0.2, 0.25) is 0 Å². The zero-order valence-corrected chi connectivity index (χ0v) is 11.5. The number of aromatic nitrogens is 3. The fourth-order valence-electron chi connectivity index (χ4n) is 2.76. The van der Waals surface area contributed by atoms with Gasteiger partial charge in [-0.15, -0.1) is 0 Å². The molecule has 0 spiro atoms. The number of rotatable bonds is 3. The largest absolute Gasteiger partial charge is 0.361 e. The van der Waals surface area contributed by atoms with Crippen molar-refractivity contribution in [3.05, 3.63) is 35.2 Å². The van der Waals surface area contributed by atoms with Crippen molar-refractivity contribution in [2.45, 2.75) is 45.7 Å². The Labute approximate surface area is 113 Å². The minimum Gasteiger partial charge on any atom is -0.361 e. The van der Waals surface area contributed by atoms with Crippen molar-refractivity contribution >= 4 is 0 Å². The van der Waals surface area contributed by atoms with Crippen LogP contribution >= 0.6 is 0 Å². The van der Waals surface area contributed by atoms with Crippen molar-refractivity contribution in [3.63, 3.8) is 0 Å². The summed E-state index contributed by atoms with van der Waals surface area (Å²) >= 11 is 0. The van der Waals surface area contributed by atoms with Gasteiger partial charge in [0.25, 0.3) is 0 Å². The van der Waals surface area contributed by atoms with Gasteiger partial charge in [-0.3, -0.25) is 0 Å². The van der Waals surface area contributed by atoms with Gasteiger partial charge in [0.2, 0.25) is 0 Å². The highest BCUT2D eigenvalue weighted by Gasteiger charge is 2.19. The molecule has 1 aliphatic heterocycles. The smallest absolute Gasteiger partial charge is 0.138 e. The SMILES string of the molecule is Cc1noc(C)c1Cn1cncc1C1CCCCN1. The first-order valence-electron chi connectivity index (χ1n) is 6.91. The van der Waals surface area contributed by atoms with Gasteiger partial charge in [-0.2, -0.15) is 0 Å². The molecule has 102 valence electrons. The van der Waals surface area contributed by atoms with Crippen LogP contribution in [0.3, 0.4) is 0 Å². The Balaban J connectivity index is 1.84. The monoisotopic (exact) mass is 260 g/mol. The predicted octanol–water partition coefficient (Wildman–Crippen LogP) is 2.35. The Hall–Kier alpha value is -1.62. The molecular weight excluding hydrogens is 240 g/mol. The maximum absolute atomic E-state index is 5.23. The summed E-state index contributed by atoms with van der Waals surface area (Å²) in [6.45, 7) is 5.84. The molecule has 3 heterocycles. The van der Waals surface area contributed by atoms with Crippen molar-refractivity contribution in [1.82, 2.24) is 20.0 Å². The molecular formula is C14H20N4O. The topological polar surface area (TPSA) is 55.9 Å². The highest BCUT2D eigenvalue weighted by Crippen LogP contribution is 2.24. The molecule has 0 radical (unpaired) electrons. The molecule has 1 aliphatic rings. The number of hydrogen-bond acceptors (Lipinski definition) is 4. The van der Waals surface area contributed by atoms with Gasteiger partial charge >= 0.3 is 0 Å². The molecule has 1 atom stereocenters. The normalized spacial score (nSPS) is 19.8. The maximum atomic E-state index is 5.23. The van der Waals surface area contributed by atoms with Crippen LogP contribution in [0, 0.1) is 13.8 Å². The summed E-state index contributed by atoms with van der Waals surface area (Å²) < 4.78 is 7.43. The molecule has 0 saturated carbocycles.